The molecule has 5 rings (SSSR count). The summed E-state index contributed by atoms with van der Waals surface area (Å²) in [4.78, 5) is 18.5. The van der Waals surface area contributed by atoms with Crippen molar-refractivity contribution in [3.05, 3.63) is 72.1 Å². The highest BCUT2D eigenvalue weighted by molar-refractivity contribution is 5.99. The maximum Gasteiger partial charge on any atom is 0.257 e. The van der Waals surface area contributed by atoms with Gasteiger partial charge in [0.2, 0.25) is 0 Å². The lowest BCUT2D eigenvalue weighted by molar-refractivity contribution is 0.0714. The van der Waals surface area contributed by atoms with Crippen molar-refractivity contribution >= 4 is 16.8 Å². The zero-order chi connectivity index (χ0) is 20.5. The van der Waals surface area contributed by atoms with Crippen LogP contribution in [0.15, 0.2) is 60.9 Å². The van der Waals surface area contributed by atoms with E-state index in [0.29, 0.717) is 11.5 Å². The number of H-pyrrole nitrogens is 2. The summed E-state index contributed by atoms with van der Waals surface area (Å²) in [5.41, 5.74) is 4.82. The third-order valence-electron chi connectivity index (χ3n) is 6.08. The number of nitrogens with zero attached hydrogens (tertiary/aromatic N) is 2. The summed E-state index contributed by atoms with van der Waals surface area (Å²) in [6.45, 7) is 1.47. The summed E-state index contributed by atoms with van der Waals surface area (Å²) in [5, 5.41) is 8.33. The molecule has 0 unspecified atom stereocenters. The number of hydrogen-bond donors (Lipinski definition) is 2. The lowest BCUT2D eigenvalue weighted by atomic mass is 9.89. The van der Waals surface area contributed by atoms with Gasteiger partial charge in [-0.25, -0.2) is 0 Å². The van der Waals surface area contributed by atoms with E-state index in [1.54, 1.807) is 13.3 Å². The monoisotopic (exact) mass is 400 g/mol. The fourth-order valence-corrected chi connectivity index (χ4v) is 4.42. The molecule has 0 radical (unpaired) electrons. The van der Waals surface area contributed by atoms with E-state index < -0.39 is 0 Å². The quantitative estimate of drug-likeness (QED) is 0.526. The van der Waals surface area contributed by atoms with Crippen molar-refractivity contribution in [2.45, 2.75) is 18.8 Å². The Hall–Kier alpha value is -3.54. The van der Waals surface area contributed by atoms with Gasteiger partial charge in [-0.15, -0.1) is 0 Å². The molecule has 0 aliphatic carbocycles. The maximum absolute atomic E-state index is 13.2. The number of carbonyl (C=O) groups is 1. The van der Waals surface area contributed by atoms with E-state index in [2.05, 4.69) is 33.5 Å². The van der Waals surface area contributed by atoms with E-state index in [1.807, 2.05) is 41.3 Å². The van der Waals surface area contributed by atoms with Crippen molar-refractivity contribution in [3.8, 4) is 17.0 Å². The minimum atomic E-state index is 0.0432. The second-order valence-electron chi connectivity index (χ2n) is 7.75. The molecule has 0 saturated carbocycles. The van der Waals surface area contributed by atoms with Crippen LogP contribution >= 0.6 is 0 Å². The first-order chi connectivity index (χ1) is 14.7. The number of hydrogen-bond acceptors (Lipinski definition) is 3. The molecular formula is C24H24N4O2. The minimum absolute atomic E-state index is 0.0432. The second-order valence-corrected chi connectivity index (χ2v) is 7.75. The van der Waals surface area contributed by atoms with Crippen LogP contribution in [0.1, 0.15) is 34.7 Å². The van der Waals surface area contributed by atoms with Crippen LogP contribution in [0, 0.1) is 0 Å². The molecule has 1 aliphatic heterocycles. The molecule has 1 aliphatic rings. The molecule has 1 saturated heterocycles. The van der Waals surface area contributed by atoms with Crippen LogP contribution in [0.2, 0.25) is 0 Å². The molecule has 1 fully saturated rings. The molecule has 2 N–H and O–H groups in total. The molecule has 0 bridgehead atoms. The van der Waals surface area contributed by atoms with E-state index in [9.17, 15) is 4.79 Å². The van der Waals surface area contributed by atoms with Crippen molar-refractivity contribution in [1.82, 2.24) is 20.1 Å². The predicted molar refractivity (Wildman–Crippen MR) is 117 cm³/mol. The van der Waals surface area contributed by atoms with E-state index in [1.165, 1.54) is 10.9 Å². The van der Waals surface area contributed by atoms with E-state index >= 15 is 0 Å². The van der Waals surface area contributed by atoms with Crippen molar-refractivity contribution in [2.24, 2.45) is 0 Å². The number of piperidine rings is 1. The highest BCUT2D eigenvalue weighted by Gasteiger charge is 2.28. The molecule has 0 atom stereocenters. The Labute approximate surface area is 174 Å². The highest BCUT2D eigenvalue weighted by Crippen LogP contribution is 2.35. The second kappa shape index (κ2) is 7.71. The molecule has 2 aromatic carbocycles. The van der Waals surface area contributed by atoms with Crippen molar-refractivity contribution in [1.29, 1.82) is 0 Å². The number of ether oxygens (including phenoxy) is 1. The molecular weight excluding hydrogens is 376 g/mol. The Kier molecular flexibility index (Phi) is 4.75. The van der Waals surface area contributed by atoms with Gasteiger partial charge in [0.25, 0.3) is 5.91 Å². The maximum atomic E-state index is 13.2. The number of aromatic amines is 2. The lowest BCUT2D eigenvalue weighted by Gasteiger charge is -2.32. The molecule has 0 spiro atoms. The van der Waals surface area contributed by atoms with Crippen LogP contribution in [0.5, 0.6) is 5.75 Å². The molecule has 1 amide bonds. The third-order valence-corrected chi connectivity index (χ3v) is 6.08. The summed E-state index contributed by atoms with van der Waals surface area (Å²) < 4.78 is 5.40. The molecule has 2 aromatic heterocycles. The Morgan fingerprint density at radius 3 is 2.70 bits per heavy atom. The number of fused-ring (bicyclic) bond motifs is 1. The van der Waals surface area contributed by atoms with Crippen LogP contribution in [-0.2, 0) is 0 Å². The number of nitrogens with one attached hydrogen (secondary N) is 2. The number of rotatable bonds is 4. The number of likely N-dealkylation sites (tertiary alicyclic amines) is 1. The van der Waals surface area contributed by atoms with Crippen LogP contribution < -0.4 is 4.74 Å². The average Bonchev–Trinajstić information content (AvgIpc) is 3.46. The number of amides is 1. The van der Waals surface area contributed by atoms with E-state index in [0.717, 1.165) is 48.5 Å². The van der Waals surface area contributed by atoms with Crippen molar-refractivity contribution in [3.63, 3.8) is 0 Å². The Balaban J connectivity index is 1.32. The molecule has 30 heavy (non-hydrogen) atoms. The molecule has 3 heterocycles. The molecule has 6 heteroatoms. The van der Waals surface area contributed by atoms with Gasteiger partial charge >= 0.3 is 0 Å². The van der Waals surface area contributed by atoms with Gasteiger partial charge in [-0.1, -0.05) is 30.3 Å². The van der Waals surface area contributed by atoms with Gasteiger partial charge in [0.05, 0.1) is 24.6 Å². The Morgan fingerprint density at radius 1 is 1.13 bits per heavy atom. The first-order valence-corrected chi connectivity index (χ1v) is 10.3. The summed E-state index contributed by atoms with van der Waals surface area (Å²) >= 11 is 0. The topological polar surface area (TPSA) is 74.0 Å². The standard InChI is InChI=1S/C24H24N4O2/c1-30-18-7-8-22-19(13-18)20(14-25-22)16-9-11-28(12-10-16)24(29)21-15-26-27-23(21)17-5-3-2-4-6-17/h2-8,13-16,25H,9-12H2,1H3,(H,26,27). The first kappa shape index (κ1) is 18.5. The van der Waals surface area contributed by atoms with Crippen LogP contribution in [0.25, 0.3) is 22.2 Å². The van der Waals surface area contributed by atoms with Crippen molar-refractivity contribution < 1.29 is 9.53 Å². The number of methoxy groups -OCH3 is 1. The van der Waals surface area contributed by atoms with Gasteiger partial charge in [-0.2, -0.15) is 5.10 Å². The summed E-state index contributed by atoms with van der Waals surface area (Å²) in [5.74, 6) is 1.33. The summed E-state index contributed by atoms with van der Waals surface area (Å²) in [6, 6.07) is 16.0. The third kappa shape index (κ3) is 3.24. The largest absolute Gasteiger partial charge is 0.497 e. The average molecular weight is 400 g/mol. The number of benzene rings is 2. The number of carbonyl (C=O) groups excluding carboxylic acids is 1. The van der Waals surface area contributed by atoms with Gasteiger partial charge in [0.15, 0.2) is 0 Å². The molecule has 152 valence electrons. The van der Waals surface area contributed by atoms with Crippen molar-refractivity contribution in [2.75, 3.05) is 20.2 Å². The zero-order valence-corrected chi connectivity index (χ0v) is 16.9. The van der Waals surface area contributed by atoms with E-state index in [4.69, 9.17) is 4.74 Å². The zero-order valence-electron chi connectivity index (χ0n) is 16.9. The smallest absolute Gasteiger partial charge is 0.257 e. The van der Waals surface area contributed by atoms with Gasteiger partial charge < -0.3 is 14.6 Å². The van der Waals surface area contributed by atoms with Gasteiger partial charge in [0, 0.05) is 35.8 Å². The first-order valence-electron chi connectivity index (χ1n) is 10.3. The predicted octanol–water partition coefficient (Wildman–Crippen LogP) is 4.59. The van der Waals surface area contributed by atoms with Gasteiger partial charge in [0.1, 0.15) is 5.75 Å². The normalized spacial score (nSPS) is 14.9. The molecule has 4 aromatic rings. The number of aromatic nitrogens is 3. The minimum Gasteiger partial charge on any atom is -0.497 e. The highest BCUT2D eigenvalue weighted by atomic mass is 16.5. The van der Waals surface area contributed by atoms with Gasteiger partial charge in [-0.05, 0) is 42.5 Å². The Bertz CT molecular complexity index is 1170. The van der Waals surface area contributed by atoms with Gasteiger partial charge in [-0.3, -0.25) is 9.89 Å². The summed E-state index contributed by atoms with van der Waals surface area (Å²) in [6.07, 6.45) is 5.63. The fraction of sp³-hybridized carbons (Fsp3) is 0.250. The van der Waals surface area contributed by atoms with Crippen LogP contribution in [0.4, 0.5) is 0 Å². The lowest BCUT2D eigenvalue weighted by Crippen LogP contribution is -2.38. The fourth-order valence-electron chi connectivity index (χ4n) is 4.42. The van der Waals surface area contributed by atoms with E-state index in [-0.39, 0.29) is 5.91 Å². The van der Waals surface area contributed by atoms with Crippen LogP contribution in [-0.4, -0.2) is 46.2 Å². The van der Waals surface area contributed by atoms with Crippen LogP contribution in [0.3, 0.4) is 0 Å². The SMILES string of the molecule is COc1ccc2[nH]cc(C3CCN(C(=O)c4cn[nH]c4-c4ccccc4)CC3)c2c1. The summed E-state index contributed by atoms with van der Waals surface area (Å²) in [7, 11) is 1.69. The Morgan fingerprint density at radius 2 is 1.93 bits per heavy atom. The molecule has 6 nitrogen and oxygen atoms in total.